The number of ether oxygens (including phenoxy) is 1. The van der Waals surface area contributed by atoms with Crippen LogP contribution in [0.1, 0.15) is 13.8 Å². The van der Waals surface area contributed by atoms with Crippen LogP contribution in [0.4, 0.5) is 0 Å². The van der Waals surface area contributed by atoms with E-state index in [1.807, 2.05) is 0 Å². The molecule has 0 radical (unpaired) electrons. The summed E-state index contributed by atoms with van der Waals surface area (Å²) in [5.74, 6) is 1.89. The van der Waals surface area contributed by atoms with Crippen molar-refractivity contribution in [2.45, 2.75) is 20.0 Å². The molecule has 0 aromatic carbocycles. The molecule has 1 fully saturated rings. The number of fused-ring (bicyclic) bond motifs is 1. The average molecular weight is 159 g/mol. The molecule has 1 heterocycles. The van der Waals surface area contributed by atoms with Crippen LogP contribution in [0.15, 0.2) is 11.3 Å². The van der Waals surface area contributed by atoms with Crippen molar-refractivity contribution < 1.29 is 4.74 Å². The van der Waals surface area contributed by atoms with E-state index in [0.29, 0.717) is 23.9 Å². The maximum atomic E-state index is 5.91. The first-order chi connectivity index (χ1) is 4.72. The van der Waals surface area contributed by atoms with Gasteiger partial charge in [0, 0.05) is 5.92 Å². The molecule has 4 atom stereocenters. The Bertz CT molecular complexity index is 188. The highest BCUT2D eigenvalue weighted by molar-refractivity contribution is 6.30. The minimum Gasteiger partial charge on any atom is -0.496 e. The molecule has 2 heteroatoms. The van der Waals surface area contributed by atoms with E-state index in [1.54, 1.807) is 6.26 Å². The third-order valence-electron chi connectivity index (χ3n) is 2.92. The van der Waals surface area contributed by atoms with Crippen LogP contribution < -0.4 is 0 Å². The quantitative estimate of drug-likeness (QED) is 0.526. The Labute approximate surface area is 66.0 Å². The van der Waals surface area contributed by atoms with Crippen LogP contribution >= 0.6 is 11.6 Å². The highest BCUT2D eigenvalue weighted by Crippen LogP contribution is 2.50. The van der Waals surface area contributed by atoms with Crippen molar-refractivity contribution in [3.8, 4) is 0 Å². The minimum atomic E-state index is 0.391. The zero-order valence-corrected chi connectivity index (χ0v) is 6.93. The maximum Gasteiger partial charge on any atom is 0.109 e. The van der Waals surface area contributed by atoms with Crippen LogP contribution in [0.2, 0.25) is 0 Å². The highest BCUT2D eigenvalue weighted by atomic mass is 35.5. The molecule has 2 aliphatic rings. The first-order valence-corrected chi connectivity index (χ1v) is 4.10. The minimum absolute atomic E-state index is 0.391. The van der Waals surface area contributed by atoms with Gasteiger partial charge in [-0.2, -0.15) is 0 Å². The molecule has 0 bridgehead atoms. The molecule has 0 aromatic rings. The molecule has 2 rings (SSSR count). The van der Waals surface area contributed by atoms with Crippen LogP contribution in [0.5, 0.6) is 0 Å². The Morgan fingerprint density at radius 2 is 2.10 bits per heavy atom. The molecule has 1 nitrogen and oxygen atoms in total. The molecule has 0 aromatic heterocycles. The second-order valence-corrected chi connectivity index (χ2v) is 3.78. The lowest BCUT2D eigenvalue weighted by Gasteiger charge is -2.43. The first-order valence-electron chi connectivity index (χ1n) is 3.73. The molecule has 1 aliphatic heterocycles. The monoisotopic (exact) mass is 158 g/mol. The molecule has 0 saturated heterocycles. The van der Waals surface area contributed by atoms with Crippen molar-refractivity contribution in [2.75, 3.05) is 0 Å². The summed E-state index contributed by atoms with van der Waals surface area (Å²) in [6.07, 6.45) is 2.10. The van der Waals surface area contributed by atoms with Crippen molar-refractivity contribution in [3.63, 3.8) is 0 Å². The Hall–Kier alpha value is -0.170. The summed E-state index contributed by atoms with van der Waals surface area (Å²) in [5.41, 5.74) is 0. The Morgan fingerprint density at radius 3 is 2.70 bits per heavy atom. The second kappa shape index (κ2) is 1.91. The smallest absolute Gasteiger partial charge is 0.109 e. The highest BCUT2D eigenvalue weighted by Gasteiger charge is 2.50. The Kier molecular flexibility index (Phi) is 1.25. The fraction of sp³-hybridized carbons (Fsp3) is 0.750. The van der Waals surface area contributed by atoms with E-state index >= 15 is 0 Å². The molecule has 4 unspecified atom stereocenters. The van der Waals surface area contributed by atoms with Gasteiger partial charge < -0.3 is 4.74 Å². The maximum absolute atomic E-state index is 5.91. The Balaban J connectivity index is 2.16. The van der Waals surface area contributed by atoms with Gasteiger partial charge in [-0.3, -0.25) is 0 Å². The fourth-order valence-electron chi connectivity index (χ4n) is 1.95. The van der Waals surface area contributed by atoms with Crippen LogP contribution in [-0.4, -0.2) is 6.10 Å². The van der Waals surface area contributed by atoms with Crippen LogP contribution in [0, 0.1) is 17.8 Å². The SMILES string of the molecule is CC1C(C)C2C(Cl)=COC12. The zero-order valence-electron chi connectivity index (χ0n) is 6.17. The summed E-state index contributed by atoms with van der Waals surface area (Å²) in [5, 5.41) is 0.913. The summed E-state index contributed by atoms with van der Waals surface area (Å²) >= 11 is 5.91. The predicted octanol–water partition coefficient (Wildman–Crippen LogP) is 2.37. The molecule has 10 heavy (non-hydrogen) atoms. The lowest BCUT2D eigenvalue weighted by molar-refractivity contribution is -0.0470. The topological polar surface area (TPSA) is 9.23 Å². The van der Waals surface area contributed by atoms with Crippen LogP contribution in [-0.2, 0) is 4.74 Å². The summed E-state index contributed by atoms with van der Waals surface area (Å²) in [6, 6.07) is 0. The van der Waals surface area contributed by atoms with E-state index in [9.17, 15) is 0 Å². The third kappa shape index (κ3) is 0.592. The molecular formula is C8H11ClO. The van der Waals surface area contributed by atoms with Gasteiger partial charge in [-0.1, -0.05) is 25.4 Å². The van der Waals surface area contributed by atoms with Crippen LogP contribution in [0.25, 0.3) is 0 Å². The fourth-order valence-corrected chi connectivity index (χ4v) is 2.32. The largest absolute Gasteiger partial charge is 0.496 e. The van der Waals surface area contributed by atoms with E-state index in [1.165, 1.54) is 0 Å². The zero-order chi connectivity index (χ0) is 7.30. The van der Waals surface area contributed by atoms with E-state index in [-0.39, 0.29) is 0 Å². The van der Waals surface area contributed by atoms with E-state index < -0.39 is 0 Å². The summed E-state index contributed by atoms with van der Waals surface area (Å²) in [7, 11) is 0. The van der Waals surface area contributed by atoms with E-state index in [2.05, 4.69) is 13.8 Å². The lowest BCUT2D eigenvalue weighted by atomic mass is 9.65. The molecule has 0 N–H and O–H groups in total. The van der Waals surface area contributed by atoms with Crippen molar-refractivity contribution >= 4 is 11.6 Å². The van der Waals surface area contributed by atoms with Gasteiger partial charge in [0.2, 0.25) is 0 Å². The molecule has 0 spiro atoms. The standard InChI is InChI=1S/C8H11ClO/c1-4-5(2)8-7(4)6(9)3-10-8/h3-5,7-8H,1-2H3. The summed E-state index contributed by atoms with van der Waals surface area (Å²) in [4.78, 5) is 0. The van der Waals surface area contributed by atoms with Gasteiger partial charge in [-0.05, 0) is 11.8 Å². The van der Waals surface area contributed by atoms with Gasteiger partial charge in [0.15, 0.2) is 0 Å². The van der Waals surface area contributed by atoms with Crippen LogP contribution in [0.3, 0.4) is 0 Å². The van der Waals surface area contributed by atoms with E-state index in [0.717, 1.165) is 5.03 Å². The molecule has 0 amide bonds. The Morgan fingerprint density at radius 1 is 1.40 bits per heavy atom. The average Bonchev–Trinajstić information content (AvgIpc) is 2.27. The van der Waals surface area contributed by atoms with Gasteiger partial charge in [-0.15, -0.1) is 0 Å². The summed E-state index contributed by atoms with van der Waals surface area (Å²) < 4.78 is 5.35. The molecular weight excluding hydrogens is 148 g/mol. The summed E-state index contributed by atoms with van der Waals surface area (Å²) in [6.45, 7) is 4.45. The van der Waals surface area contributed by atoms with Gasteiger partial charge in [0.1, 0.15) is 6.10 Å². The van der Waals surface area contributed by atoms with Crippen molar-refractivity contribution in [2.24, 2.45) is 17.8 Å². The third-order valence-corrected chi connectivity index (χ3v) is 3.27. The number of rotatable bonds is 0. The first kappa shape index (κ1) is 6.53. The van der Waals surface area contributed by atoms with Crippen molar-refractivity contribution in [1.29, 1.82) is 0 Å². The van der Waals surface area contributed by atoms with Crippen molar-refractivity contribution in [3.05, 3.63) is 11.3 Å². The molecule has 1 saturated carbocycles. The number of hydrogen-bond donors (Lipinski definition) is 0. The van der Waals surface area contributed by atoms with Gasteiger partial charge in [0.05, 0.1) is 11.3 Å². The van der Waals surface area contributed by atoms with E-state index in [4.69, 9.17) is 16.3 Å². The second-order valence-electron chi connectivity index (χ2n) is 3.35. The number of halogens is 1. The molecule has 56 valence electrons. The molecule has 1 aliphatic carbocycles. The van der Waals surface area contributed by atoms with Crippen molar-refractivity contribution in [1.82, 2.24) is 0 Å². The normalized spacial score (nSPS) is 50.9. The van der Waals surface area contributed by atoms with Gasteiger partial charge in [-0.25, -0.2) is 0 Å². The van der Waals surface area contributed by atoms with Gasteiger partial charge >= 0.3 is 0 Å². The number of hydrogen-bond acceptors (Lipinski definition) is 1. The van der Waals surface area contributed by atoms with Gasteiger partial charge in [0.25, 0.3) is 0 Å². The predicted molar refractivity (Wildman–Crippen MR) is 40.6 cm³/mol. The lowest BCUT2D eigenvalue weighted by Crippen LogP contribution is -2.46.